The van der Waals surface area contributed by atoms with Gasteiger partial charge >= 0.3 is 0 Å². The van der Waals surface area contributed by atoms with Crippen LogP contribution >= 0.6 is 0 Å². The smallest absolute Gasteiger partial charge is 0.246 e. The minimum absolute atomic E-state index is 0.0842. The number of piperazine rings is 1. The summed E-state index contributed by atoms with van der Waals surface area (Å²) in [6.07, 6.45) is 2.01. The molecule has 0 saturated carbocycles. The molecule has 0 aliphatic carbocycles. The molecule has 8 heteroatoms. The van der Waals surface area contributed by atoms with Gasteiger partial charge in [-0.25, -0.2) is 12.8 Å². The third kappa shape index (κ3) is 7.40. The van der Waals surface area contributed by atoms with Crippen molar-refractivity contribution in [1.82, 2.24) is 9.80 Å². The summed E-state index contributed by atoms with van der Waals surface area (Å²) in [6, 6.07) is 11.2. The maximum Gasteiger partial charge on any atom is 0.246 e. The van der Waals surface area contributed by atoms with Gasteiger partial charge in [-0.1, -0.05) is 32.6 Å². The Bertz CT molecular complexity index is 1050. The lowest BCUT2D eigenvalue weighted by Gasteiger charge is -2.36. The molecule has 6 nitrogen and oxygen atoms in total. The lowest BCUT2D eigenvalue weighted by atomic mass is 10.1. The van der Waals surface area contributed by atoms with E-state index >= 15 is 0 Å². The van der Waals surface area contributed by atoms with E-state index in [4.69, 9.17) is 4.74 Å². The average molecular weight is 477 g/mol. The Morgan fingerprint density at radius 1 is 1.12 bits per heavy atom. The van der Waals surface area contributed by atoms with Crippen LogP contribution in [0.2, 0.25) is 0 Å². The Morgan fingerprint density at radius 2 is 1.73 bits per heavy atom. The first kappa shape index (κ1) is 26.5. The number of nitrogens with zero attached hydrogens (tertiary/aromatic N) is 2. The summed E-state index contributed by atoms with van der Waals surface area (Å²) in [4.78, 5) is 15.9. The Balaban J connectivity index is 0.00000187. The van der Waals surface area contributed by atoms with E-state index in [9.17, 15) is 17.6 Å². The zero-order chi connectivity index (χ0) is 24.6. The summed E-state index contributed by atoms with van der Waals surface area (Å²) < 4.78 is 43.8. The molecule has 1 amide bonds. The van der Waals surface area contributed by atoms with Crippen LogP contribution in [0.1, 0.15) is 31.1 Å². The van der Waals surface area contributed by atoms with Gasteiger partial charge in [0.2, 0.25) is 5.91 Å². The predicted octanol–water partition coefficient (Wildman–Crippen LogP) is 4.01. The van der Waals surface area contributed by atoms with Crippen molar-refractivity contribution < 1.29 is 22.3 Å². The first-order valence-electron chi connectivity index (χ1n) is 11.0. The molecule has 0 unspecified atom stereocenters. The van der Waals surface area contributed by atoms with E-state index in [0.717, 1.165) is 6.26 Å². The van der Waals surface area contributed by atoms with Crippen LogP contribution in [-0.4, -0.2) is 63.1 Å². The fraction of sp³-hybridized carbons (Fsp3) is 0.400. The summed E-state index contributed by atoms with van der Waals surface area (Å²) in [6.45, 7) is 12.2. The molecule has 1 aliphatic heterocycles. The number of benzene rings is 2. The maximum atomic E-state index is 14.2. The highest BCUT2D eigenvalue weighted by Crippen LogP contribution is 2.26. The Labute approximate surface area is 196 Å². The summed E-state index contributed by atoms with van der Waals surface area (Å²) in [5.41, 5.74) is 1.25. The molecule has 0 radical (unpaired) electrons. The number of hydrogen-bond acceptors (Lipinski definition) is 5. The van der Waals surface area contributed by atoms with Gasteiger partial charge in [-0.3, -0.25) is 9.69 Å². The van der Waals surface area contributed by atoms with Gasteiger partial charge in [0.1, 0.15) is 17.7 Å². The van der Waals surface area contributed by atoms with Crippen molar-refractivity contribution in [2.45, 2.75) is 31.8 Å². The summed E-state index contributed by atoms with van der Waals surface area (Å²) >= 11 is 0. The third-order valence-electron chi connectivity index (χ3n) is 5.38. The largest absolute Gasteiger partial charge is 0.484 e. The highest BCUT2D eigenvalue weighted by molar-refractivity contribution is 7.90. The van der Waals surface area contributed by atoms with Crippen LogP contribution in [0.25, 0.3) is 0 Å². The van der Waals surface area contributed by atoms with Crippen LogP contribution in [-0.2, 0) is 14.6 Å². The van der Waals surface area contributed by atoms with Gasteiger partial charge in [-0.15, -0.1) is 0 Å². The van der Waals surface area contributed by atoms with Crippen LogP contribution in [0.5, 0.6) is 5.75 Å². The van der Waals surface area contributed by atoms with Gasteiger partial charge in [-0.05, 0) is 54.5 Å². The van der Waals surface area contributed by atoms with E-state index in [2.05, 4.69) is 11.5 Å². The fourth-order valence-corrected chi connectivity index (χ4v) is 4.09. The van der Waals surface area contributed by atoms with Crippen molar-refractivity contribution in [3.05, 3.63) is 72.1 Å². The molecule has 0 aromatic heterocycles. The van der Waals surface area contributed by atoms with E-state index < -0.39 is 15.9 Å². The lowest BCUT2D eigenvalue weighted by molar-refractivity contribution is -0.127. The third-order valence-corrected chi connectivity index (χ3v) is 6.51. The number of carbonyl (C=O) groups is 1. The number of carbonyl (C=O) groups excluding carboxylic acids is 1. The standard InChI is InChI=1S/C23H27FN2O4S.C2H6/c1-4-23(27)26-13-11-25(12-14-26)16-22(18-6-5-17(2)21(24)15-18)30-19-7-9-20(10-8-19)31(3,28)29;1-2/h4-10,15,22H,1,11-14,16H2,2-3H3;1-2H3/t22-;/m0./s1. The molecule has 0 bridgehead atoms. The molecule has 33 heavy (non-hydrogen) atoms. The maximum absolute atomic E-state index is 14.2. The van der Waals surface area contributed by atoms with E-state index in [1.54, 1.807) is 30.0 Å². The SMILES string of the molecule is C=CC(=O)N1CCN(C[C@H](Oc2ccc(S(C)(=O)=O)cc2)c2ccc(C)c(F)c2)CC1.CC. The van der Waals surface area contributed by atoms with Gasteiger partial charge in [0.25, 0.3) is 0 Å². The number of amides is 1. The van der Waals surface area contributed by atoms with Crippen molar-refractivity contribution >= 4 is 15.7 Å². The highest BCUT2D eigenvalue weighted by atomic mass is 32.2. The van der Waals surface area contributed by atoms with Gasteiger partial charge in [0.05, 0.1) is 4.90 Å². The van der Waals surface area contributed by atoms with Crippen LogP contribution in [0.15, 0.2) is 60.0 Å². The number of hydrogen-bond donors (Lipinski definition) is 0. The Hall–Kier alpha value is -2.71. The summed E-state index contributed by atoms with van der Waals surface area (Å²) in [7, 11) is -3.30. The monoisotopic (exact) mass is 476 g/mol. The second-order valence-electron chi connectivity index (χ2n) is 7.69. The van der Waals surface area contributed by atoms with Crippen LogP contribution in [0, 0.1) is 12.7 Å². The van der Waals surface area contributed by atoms with Crippen molar-refractivity contribution in [3.63, 3.8) is 0 Å². The van der Waals surface area contributed by atoms with Gasteiger partial charge < -0.3 is 9.64 Å². The van der Waals surface area contributed by atoms with E-state index in [-0.39, 0.29) is 16.6 Å². The summed E-state index contributed by atoms with van der Waals surface area (Å²) in [5.74, 6) is 0.109. The molecular weight excluding hydrogens is 443 g/mol. The minimum atomic E-state index is -3.30. The minimum Gasteiger partial charge on any atom is -0.484 e. The molecule has 1 aliphatic rings. The zero-order valence-corrected chi connectivity index (χ0v) is 20.6. The van der Waals surface area contributed by atoms with E-state index in [0.29, 0.717) is 49.6 Å². The second kappa shape index (κ2) is 12.0. The first-order valence-corrected chi connectivity index (χ1v) is 12.9. The molecule has 0 spiro atoms. The Morgan fingerprint density at radius 3 is 2.24 bits per heavy atom. The summed E-state index contributed by atoms with van der Waals surface area (Å²) in [5, 5.41) is 0. The molecule has 2 aromatic rings. The van der Waals surface area contributed by atoms with Crippen molar-refractivity contribution in [2.24, 2.45) is 0 Å². The fourth-order valence-electron chi connectivity index (χ4n) is 3.46. The number of halogens is 1. The molecule has 1 atom stereocenters. The van der Waals surface area contributed by atoms with Gasteiger partial charge in [0, 0.05) is 39.0 Å². The topological polar surface area (TPSA) is 66.9 Å². The van der Waals surface area contributed by atoms with Crippen molar-refractivity contribution in [3.8, 4) is 5.75 Å². The quantitative estimate of drug-likeness (QED) is 0.565. The van der Waals surface area contributed by atoms with Crippen molar-refractivity contribution in [2.75, 3.05) is 39.0 Å². The number of rotatable bonds is 7. The van der Waals surface area contributed by atoms with Crippen LogP contribution < -0.4 is 4.74 Å². The lowest BCUT2D eigenvalue weighted by Crippen LogP contribution is -2.49. The zero-order valence-electron chi connectivity index (χ0n) is 19.8. The Kier molecular flexibility index (Phi) is 9.61. The van der Waals surface area contributed by atoms with Gasteiger partial charge in [-0.2, -0.15) is 0 Å². The van der Waals surface area contributed by atoms with Crippen LogP contribution in [0.4, 0.5) is 4.39 Å². The molecular formula is C25H33FN2O4S. The molecule has 1 fully saturated rings. The van der Waals surface area contributed by atoms with Crippen LogP contribution in [0.3, 0.4) is 0 Å². The molecule has 1 saturated heterocycles. The molecule has 0 N–H and O–H groups in total. The van der Waals surface area contributed by atoms with Gasteiger partial charge in [0.15, 0.2) is 9.84 Å². The van der Waals surface area contributed by atoms with Crippen molar-refractivity contribution in [1.29, 1.82) is 0 Å². The second-order valence-corrected chi connectivity index (χ2v) is 9.70. The highest BCUT2D eigenvalue weighted by Gasteiger charge is 2.24. The van der Waals surface area contributed by atoms with E-state index in [1.165, 1.54) is 24.3 Å². The molecule has 180 valence electrons. The molecule has 2 aromatic carbocycles. The predicted molar refractivity (Wildman–Crippen MR) is 129 cm³/mol. The number of aryl methyl sites for hydroxylation is 1. The number of sulfone groups is 1. The normalized spacial score (nSPS) is 15.2. The first-order chi connectivity index (χ1) is 15.7. The average Bonchev–Trinajstić information content (AvgIpc) is 2.81. The molecule has 1 heterocycles. The van der Waals surface area contributed by atoms with E-state index in [1.807, 2.05) is 19.9 Å². The number of ether oxygens (including phenoxy) is 1. The molecule has 3 rings (SSSR count).